The number of carbonyl (C=O) groups excluding carboxylic acids is 1. The molecule has 0 fully saturated rings. The highest BCUT2D eigenvalue weighted by atomic mass is 16.5. The van der Waals surface area contributed by atoms with Crippen LogP contribution in [0.25, 0.3) is 0 Å². The Bertz CT molecular complexity index is 767. The Morgan fingerprint density at radius 1 is 1.08 bits per heavy atom. The maximum absolute atomic E-state index is 12.1. The van der Waals surface area contributed by atoms with Crippen molar-refractivity contribution in [1.82, 2.24) is 5.43 Å². The summed E-state index contributed by atoms with van der Waals surface area (Å²) in [7, 11) is 0. The zero-order chi connectivity index (χ0) is 19.3. The number of carbonyl (C=O) groups is 1. The van der Waals surface area contributed by atoms with Crippen LogP contribution in [0.5, 0.6) is 5.75 Å². The first kappa shape index (κ1) is 19.7. The fourth-order valence-corrected chi connectivity index (χ4v) is 2.59. The second kappa shape index (κ2) is 8.17. The van der Waals surface area contributed by atoms with Gasteiger partial charge in [0.15, 0.2) is 6.10 Å². The smallest absolute Gasteiger partial charge is 0.280 e. The topological polar surface area (TPSA) is 50.7 Å². The predicted molar refractivity (Wildman–Crippen MR) is 107 cm³/mol. The molecule has 2 aromatic rings. The van der Waals surface area contributed by atoms with Gasteiger partial charge >= 0.3 is 0 Å². The molecule has 1 unspecified atom stereocenters. The molecule has 0 bridgehead atoms. The van der Waals surface area contributed by atoms with Gasteiger partial charge in [-0.2, -0.15) is 5.10 Å². The number of hydrogen-bond donors (Lipinski definition) is 1. The predicted octanol–water partition coefficient (Wildman–Crippen LogP) is 4.52. The fourth-order valence-electron chi connectivity index (χ4n) is 2.59. The van der Waals surface area contributed by atoms with Gasteiger partial charge in [-0.05, 0) is 60.6 Å². The highest BCUT2D eigenvalue weighted by molar-refractivity contribution is 5.84. The SMILES string of the molecule is Cc1cc(C)cc(OC(C)C(=O)N/N=C/c2ccc(C(C)(C)C)cc2)c1. The zero-order valence-corrected chi connectivity index (χ0v) is 16.5. The molecule has 138 valence electrons. The summed E-state index contributed by atoms with van der Waals surface area (Å²) in [6.07, 6.45) is 1.00. The normalized spacial score (nSPS) is 12.8. The number of amides is 1. The number of ether oxygens (including phenoxy) is 1. The van der Waals surface area contributed by atoms with Gasteiger partial charge < -0.3 is 4.74 Å². The van der Waals surface area contributed by atoms with E-state index in [2.05, 4.69) is 49.5 Å². The van der Waals surface area contributed by atoms with Gasteiger partial charge in [0, 0.05) is 0 Å². The van der Waals surface area contributed by atoms with E-state index >= 15 is 0 Å². The maximum atomic E-state index is 12.1. The first-order valence-corrected chi connectivity index (χ1v) is 8.83. The van der Waals surface area contributed by atoms with Crippen LogP contribution in [0.1, 0.15) is 49.9 Å². The standard InChI is InChI=1S/C22H28N2O2/c1-15-11-16(2)13-20(12-15)26-17(3)21(25)24-23-14-18-7-9-19(10-8-18)22(4,5)6/h7-14,17H,1-6H3,(H,24,25)/b23-14+. The van der Waals surface area contributed by atoms with Crippen molar-refractivity contribution in [2.24, 2.45) is 5.10 Å². The van der Waals surface area contributed by atoms with E-state index in [1.807, 2.05) is 38.1 Å². The van der Waals surface area contributed by atoms with Crippen molar-refractivity contribution in [2.45, 2.75) is 53.1 Å². The van der Waals surface area contributed by atoms with E-state index in [0.717, 1.165) is 16.7 Å². The van der Waals surface area contributed by atoms with Gasteiger partial charge in [0.25, 0.3) is 5.91 Å². The van der Waals surface area contributed by atoms with E-state index in [9.17, 15) is 4.79 Å². The second-order valence-electron chi connectivity index (χ2n) is 7.69. The molecule has 1 amide bonds. The van der Waals surface area contributed by atoms with Crippen LogP contribution in [0.4, 0.5) is 0 Å². The van der Waals surface area contributed by atoms with Crippen LogP contribution in [0, 0.1) is 13.8 Å². The van der Waals surface area contributed by atoms with E-state index in [-0.39, 0.29) is 11.3 Å². The quantitative estimate of drug-likeness (QED) is 0.635. The molecule has 0 heterocycles. The molecule has 0 aromatic heterocycles. The lowest BCUT2D eigenvalue weighted by Gasteiger charge is -2.18. The molecule has 2 rings (SSSR count). The molecule has 0 aliphatic rings. The minimum absolute atomic E-state index is 0.116. The van der Waals surface area contributed by atoms with E-state index in [4.69, 9.17) is 4.74 Å². The Labute approximate surface area is 156 Å². The minimum atomic E-state index is -0.628. The fraction of sp³-hybridized carbons (Fsp3) is 0.364. The molecule has 0 spiro atoms. The summed E-state index contributed by atoms with van der Waals surface area (Å²) in [5.74, 6) is 0.401. The van der Waals surface area contributed by atoms with E-state index in [1.54, 1.807) is 13.1 Å². The van der Waals surface area contributed by atoms with E-state index in [0.29, 0.717) is 5.75 Å². The zero-order valence-electron chi connectivity index (χ0n) is 16.5. The van der Waals surface area contributed by atoms with Crippen LogP contribution in [-0.2, 0) is 10.2 Å². The van der Waals surface area contributed by atoms with Crippen molar-refractivity contribution >= 4 is 12.1 Å². The second-order valence-corrected chi connectivity index (χ2v) is 7.69. The maximum Gasteiger partial charge on any atom is 0.280 e. The number of aryl methyl sites for hydroxylation is 2. The van der Waals surface area contributed by atoms with Crippen molar-refractivity contribution in [3.8, 4) is 5.75 Å². The number of benzene rings is 2. The summed E-state index contributed by atoms with van der Waals surface area (Å²) in [6, 6.07) is 14.0. The molecular formula is C22H28N2O2. The van der Waals surface area contributed by atoms with Crippen LogP contribution < -0.4 is 10.2 Å². The Morgan fingerprint density at radius 3 is 2.19 bits per heavy atom. The molecule has 0 radical (unpaired) electrons. The summed E-state index contributed by atoms with van der Waals surface area (Å²) < 4.78 is 5.71. The molecule has 26 heavy (non-hydrogen) atoms. The summed E-state index contributed by atoms with van der Waals surface area (Å²) in [6.45, 7) is 12.2. The van der Waals surface area contributed by atoms with Gasteiger partial charge in [-0.25, -0.2) is 5.43 Å². The van der Waals surface area contributed by atoms with Crippen molar-refractivity contribution in [3.63, 3.8) is 0 Å². The summed E-state index contributed by atoms with van der Waals surface area (Å²) in [5, 5.41) is 4.03. The Hall–Kier alpha value is -2.62. The summed E-state index contributed by atoms with van der Waals surface area (Å²) in [5.41, 5.74) is 7.04. The third-order valence-electron chi connectivity index (χ3n) is 4.04. The molecule has 0 aliphatic heterocycles. The molecule has 0 aliphatic carbocycles. The Morgan fingerprint density at radius 2 is 1.65 bits per heavy atom. The number of hydrogen-bond acceptors (Lipinski definition) is 3. The summed E-state index contributed by atoms with van der Waals surface area (Å²) in [4.78, 5) is 12.1. The van der Waals surface area contributed by atoms with Gasteiger partial charge in [0.05, 0.1) is 6.21 Å². The number of hydrazone groups is 1. The lowest BCUT2D eigenvalue weighted by Crippen LogP contribution is -2.33. The first-order valence-electron chi connectivity index (χ1n) is 8.83. The minimum Gasteiger partial charge on any atom is -0.481 e. The highest BCUT2D eigenvalue weighted by Gasteiger charge is 2.14. The molecule has 4 heteroatoms. The Kier molecular flexibility index (Phi) is 6.19. The lowest BCUT2D eigenvalue weighted by atomic mass is 9.87. The first-order chi connectivity index (χ1) is 12.1. The van der Waals surface area contributed by atoms with Gasteiger partial charge in [0.2, 0.25) is 0 Å². The van der Waals surface area contributed by atoms with Crippen molar-refractivity contribution in [3.05, 3.63) is 64.7 Å². The third kappa shape index (κ3) is 5.73. The third-order valence-corrected chi connectivity index (χ3v) is 4.04. The Balaban J connectivity index is 1.91. The van der Waals surface area contributed by atoms with Crippen LogP contribution >= 0.6 is 0 Å². The highest BCUT2D eigenvalue weighted by Crippen LogP contribution is 2.21. The summed E-state index contributed by atoms with van der Waals surface area (Å²) >= 11 is 0. The number of rotatable bonds is 5. The average Bonchev–Trinajstić information content (AvgIpc) is 2.53. The molecule has 0 saturated carbocycles. The van der Waals surface area contributed by atoms with Gasteiger partial charge in [-0.15, -0.1) is 0 Å². The van der Waals surface area contributed by atoms with Gasteiger partial charge in [-0.1, -0.05) is 51.1 Å². The van der Waals surface area contributed by atoms with Crippen LogP contribution in [-0.4, -0.2) is 18.2 Å². The molecule has 4 nitrogen and oxygen atoms in total. The van der Waals surface area contributed by atoms with Crippen LogP contribution in [0.2, 0.25) is 0 Å². The largest absolute Gasteiger partial charge is 0.481 e. The van der Waals surface area contributed by atoms with E-state index < -0.39 is 6.10 Å². The molecule has 1 atom stereocenters. The van der Waals surface area contributed by atoms with E-state index in [1.165, 1.54) is 5.56 Å². The molecule has 2 aromatic carbocycles. The molecular weight excluding hydrogens is 324 g/mol. The molecule has 1 N–H and O–H groups in total. The van der Waals surface area contributed by atoms with Gasteiger partial charge in [0.1, 0.15) is 5.75 Å². The number of nitrogens with one attached hydrogen (secondary N) is 1. The average molecular weight is 352 g/mol. The van der Waals surface area contributed by atoms with Crippen LogP contribution in [0.3, 0.4) is 0 Å². The van der Waals surface area contributed by atoms with Crippen molar-refractivity contribution in [2.75, 3.05) is 0 Å². The van der Waals surface area contributed by atoms with Crippen molar-refractivity contribution < 1.29 is 9.53 Å². The van der Waals surface area contributed by atoms with Crippen molar-refractivity contribution in [1.29, 1.82) is 0 Å². The van der Waals surface area contributed by atoms with Crippen LogP contribution in [0.15, 0.2) is 47.6 Å². The van der Waals surface area contributed by atoms with Gasteiger partial charge in [-0.3, -0.25) is 4.79 Å². The molecule has 0 saturated heterocycles. The monoisotopic (exact) mass is 352 g/mol. The number of nitrogens with zero attached hydrogens (tertiary/aromatic N) is 1. The lowest BCUT2D eigenvalue weighted by molar-refractivity contribution is -0.127.